The number of carbonyl (C=O) groups excluding carboxylic acids is 2. The van der Waals surface area contributed by atoms with Crippen LogP contribution in [-0.2, 0) is 35.6 Å². The van der Waals surface area contributed by atoms with E-state index in [0.29, 0.717) is 79.9 Å². The summed E-state index contributed by atoms with van der Waals surface area (Å²) in [5.74, 6) is 1.50. The summed E-state index contributed by atoms with van der Waals surface area (Å²) in [6.07, 6.45) is 6.10. The standard InChI is InChI=1S/C37H42FN5O7/c1-46-32-8-6-25-7-9-35(44)40-20-26-16-28(38)19-29(17-26)50-31-10-12-43(22-30(31)41-36(45)23-49-34(32)18-25)21-27-4-3-5-33(47-2)37(27)48-15-14-42-13-11-39-24-42/h3-6,8,11,13,16-19,24,30-31H,7,9-10,12,14-15,20-23H2,1-2H3,(H,40,44)(H,41,45)/t30-,31-/m1/s1. The van der Waals surface area contributed by atoms with E-state index in [2.05, 4.69) is 20.5 Å². The predicted molar refractivity (Wildman–Crippen MR) is 182 cm³/mol. The molecule has 1 saturated heterocycles. The first kappa shape index (κ1) is 34.6. The van der Waals surface area contributed by atoms with E-state index >= 15 is 0 Å². The smallest absolute Gasteiger partial charge is 0.258 e. The second-order valence-electron chi connectivity index (χ2n) is 12.3. The van der Waals surface area contributed by atoms with Gasteiger partial charge in [0.25, 0.3) is 5.91 Å². The molecule has 2 aliphatic heterocycles. The quantitative estimate of drug-likeness (QED) is 0.284. The van der Waals surface area contributed by atoms with Crippen molar-refractivity contribution < 1.29 is 37.7 Å². The number of amides is 2. The fraction of sp³-hybridized carbons (Fsp3) is 0.378. The molecule has 4 aromatic rings. The van der Waals surface area contributed by atoms with Gasteiger partial charge in [-0.25, -0.2) is 9.37 Å². The van der Waals surface area contributed by atoms with E-state index in [-0.39, 0.29) is 31.4 Å². The number of methoxy groups -OCH3 is 2. The molecule has 0 radical (unpaired) electrons. The molecule has 6 rings (SSSR count). The van der Waals surface area contributed by atoms with Crippen LogP contribution in [0.3, 0.4) is 0 Å². The molecule has 4 bridgehead atoms. The minimum atomic E-state index is -0.475. The normalized spacial score (nSPS) is 18.6. The first-order chi connectivity index (χ1) is 24.4. The minimum Gasteiger partial charge on any atom is -0.493 e. The molecule has 12 nitrogen and oxygen atoms in total. The Balaban J connectivity index is 1.22. The van der Waals surface area contributed by atoms with Gasteiger partial charge in [-0.1, -0.05) is 18.2 Å². The van der Waals surface area contributed by atoms with Gasteiger partial charge in [-0.2, -0.15) is 0 Å². The number of aromatic nitrogens is 2. The van der Waals surface area contributed by atoms with Crippen molar-refractivity contribution in [1.29, 1.82) is 0 Å². The van der Waals surface area contributed by atoms with E-state index in [4.69, 9.17) is 23.7 Å². The molecule has 50 heavy (non-hydrogen) atoms. The fourth-order valence-corrected chi connectivity index (χ4v) is 6.24. The first-order valence-electron chi connectivity index (χ1n) is 16.7. The summed E-state index contributed by atoms with van der Waals surface area (Å²) in [5, 5.41) is 5.99. The van der Waals surface area contributed by atoms with Crippen molar-refractivity contribution in [3.05, 3.63) is 95.8 Å². The van der Waals surface area contributed by atoms with Gasteiger partial charge in [0.1, 0.15) is 24.3 Å². The molecule has 2 aliphatic rings. The largest absolute Gasteiger partial charge is 0.493 e. The zero-order valence-corrected chi connectivity index (χ0v) is 28.2. The fourth-order valence-electron chi connectivity index (χ4n) is 6.24. The lowest BCUT2D eigenvalue weighted by Crippen LogP contribution is -2.57. The van der Waals surface area contributed by atoms with Gasteiger partial charge in [0.15, 0.2) is 29.6 Å². The molecule has 0 saturated carbocycles. The Morgan fingerprint density at radius 1 is 1.00 bits per heavy atom. The van der Waals surface area contributed by atoms with Crippen molar-refractivity contribution in [3.8, 4) is 28.7 Å². The number of hydrogen-bond donors (Lipinski definition) is 2. The third kappa shape index (κ3) is 9.03. The second kappa shape index (κ2) is 16.4. The van der Waals surface area contributed by atoms with Crippen LogP contribution in [0.2, 0.25) is 0 Å². The number of likely N-dealkylation sites (tertiary alicyclic amines) is 1. The maximum atomic E-state index is 14.8. The van der Waals surface area contributed by atoms with Gasteiger partial charge in [0, 0.05) is 56.6 Å². The van der Waals surface area contributed by atoms with Crippen molar-refractivity contribution in [2.45, 2.75) is 51.0 Å². The Morgan fingerprint density at radius 3 is 2.70 bits per heavy atom. The van der Waals surface area contributed by atoms with Gasteiger partial charge in [-0.05, 0) is 54.3 Å². The zero-order valence-electron chi connectivity index (χ0n) is 28.2. The molecule has 2 N–H and O–H groups in total. The van der Waals surface area contributed by atoms with Crippen LogP contribution in [0.4, 0.5) is 4.39 Å². The number of piperidine rings is 1. The molecular formula is C37H42FN5O7. The summed E-state index contributed by atoms with van der Waals surface area (Å²) in [4.78, 5) is 32.4. The molecule has 0 spiro atoms. The third-order valence-electron chi connectivity index (χ3n) is 8.75. The maximum absolute atomic E-state index is 14.8. The van der Waals surface area contributed by atoms with E-state index < -0.39 is 18.0 Å². The van der Waals surface area contributed by atoms with Crippen molar-refractivity contribution in [2.24, 2.45) is 0 Å². The van der Waals surface area contributed by atoms with E-state index in [1.54, 1.807) is 37.8 Å². The molecule has 0 aliphatic carbocycles. The van der Waals surface area contributed by atoms with Gasteiger partial charge in [-0.3, -0.25) is 14.5 Å². The highest BCUT2D eigenvalue weighted by molar-refractivity contribution is 5.78. The van der Waals surface area contributed by atoms with Gasteiger partial charge in [0.2, 0.25) is 5.91 Å². The highest BCUT2D eigenvalue weighted by Gasteiger charge is 2.33. The number of aryl methyl sites for hydroxylation is 1. The highest BCUT2D eigenvalue weighted by Crippen LogP contribution is 2.33. The highest BCUT2D eigenvalue weighted by atomic mass is 19.1. The molecule has 2 atom stereocenters. The zero-order chi connectivity index (χ0) is 34.9. The lowest BCUT2D eigenvalue weighted by atomic mass is 10.0. The topological polar surface area (TPSA) is 125 Å². The van der Waals surface area contributed by atoms with Crippen LogP contribution in [0.1, 0.15) is 29.5 Å². The molecule has 264 valence electrons. The SMILES string of the molecule is COc1ccc2cc1OCC(=O)N[C@@H]1CN(Cc3cccc(OC)c3OCCn3ccnc3)CC[C@H]1Oc1cc(F)cc(c1)CNC(=O)CC2. The summed E-state index contributed by atoms with van der Waals surface area (Å²) < 4.78 is 46.4. The molecule has 3 aromatic carbocycles. The van der Waals surface area contributed by atoms with Crippen LogP contribution < -0.4 is 34.3 Å². The molecule has 2 amide bonds. The lowest BCUT2D eigenvalue weighted by Gasteiger charge is -2.39. The number of nitrogens with zero attached hydrogens (tertiary/aromatic N) is 3. The molecular weight excluding hydrogens is 645 g/mol. The van der Waals surface area contributed by atoms with Gasteiger partial charge in [-0.15, -0.1) is 0 Å². The predicted octanol–water partition coefficient (Wildman–Crippen LogP) is 3.90. The molecule has 1 fully saturated rings. The number of imidazole rings is 1. The number of carbonyl (C=O) groups is 2. The van der Waals surface area contributed by atoms with Gasteiger partial charge < -0.3 is 38.9 Å². The van der Waals surface area contributed by atoms with E-state index in [9.17, 15) is 14.0 Å². The average molecular weight is 688 g/mol. The van der Waals surface area contributed by atoms with E-state index in [1.165, 1.54) is 19.2 Å². The molecule has 1 aromatic heterocycles. The Labute approximate surface area is 290 Å². The van der Waals surface area contributed by atoms with Crippen molar-refractivity contribution in [2.75, 3.05) is 40.5 Å². The number of para-hydroxylation sites is 1. The number of hydrogen-bond acceptors (Lipinski definition) is 9. The first-order valence-corrected chi connectivity index (χ1v) is 16.7. The molecule has 3 heterocycles. The number of halogens is 1. The van der Waals surface area contributed by atoms with Crippen LogP contribution in [0, 0.1) is 5.82 Å². The van der Waals surface area contributed by atoms with Crippen LogP contribution in [0.25, 0.3) is 0 Å². The number of rotatable bonds is 8. The molecule has 0 unspecified atom stereocenters. The second-order valence-corrected chi connectivity index (χ2v) is 12.3. The summed E-state index contributed by atoms with van der Waals surface area (Å²) in [7, 11) is 3.14. The van der Waals surface area contributed by atoms with Crippen LogP contribution in [0.15, 0.2) is 73.3 Å². The summed E-state index contributed by atoms with van der Waals surface area (Å²) in [6.45, 7) is 2.54. The number of fused-ring (bicyclic) bond motifs is 5. The van der Waals surface area contributed by atoms with Gasteiger partial charge in [0.05, 0.1) is 33.1 Å². The Hall–Kier alpha value is -5.30. The minimum absolute atomic E-state index is 0.149. The summed E-state index contributed by atoms with van der Waals surface area (Å²) in [6, 6.07) is 15.1. The number of nitrogens with one attached hydrogen (secondary N) is 2. The van der Waals surface area contributed by atoms with Crippen LogP contribution in [-0.4, -0.2) is 78.9 Å². The number of ether oxygens (including phenoxy) is 5. The van der Waals surface area contributed by atoms with Crippen LogP contribution in [0.5, 0.6) is 28.7 Å². The van der Waals surface area contributed by atoms with Crippen molar-refractivity contribution >= 4 is 11.8 Å². The monoisotopic (exact) mass is 687 g/mol. The number of benzene rings is 3. The average Bonchev–Trinajstić information content (AvgIpc) is 3.64. The van der Waals surface area contributed by atoms with Crippen LogP contribution >= 0.6 is 0 Å². The Morgan fingerprint density at radius 2 is 1.88 bits per heavy atom. The van der Waals surface area contributed by atoms with E-state index in [0.717, 1.165) is 11.1 Å². The van der Waals surface area contributed by atoms with E-state index in [1.807, 2.05) is 35.0 Å². The lowest BCUT2D eigenvalue weighted by molar-refractivity contribution is -0.125. The summed E-state index contributed by atoms with van der Waals surface area (Å²) in [5.41, 5.74) is 2.36. The maximum Gasteiger partial charge on any atom is 0.258 e. The van der Waals surface area contributed by atoms with Crippen molar-refractivity contribution in [3.63, 3.8) is 0 Å². The Kier molecular flexibility index (Phi) is 11.3. The summed E-state index contributed by atoms with van der Waals surface area (Å²) >= 11 is 0. The third-order valence-corrected chi connectivity index (χ3v) is 8.75. The van der Waals surface area contributed by atoms with Gasteiger partial charge >= 0.3 is 0 Å². The molecule has 13 heteroatoms. The van der Waals surface area contributed by atoms with Crippen molar-refractivity contribution in [1.82, 2.24) is 25.1 Å². The Bertz CT molecular complexity index is 1770.